The van der Waals surface area contributed by atoms with Gasteiger partial charge < -0.3 is 9.84 Å². The number of aryl methyl sites for hydroxylation is 1. The van der Waals surface area contributed by atoms with E-state index in [1.807, 2.05) is 4.90 Å². The quantitative estimate of drug-likeness (QED) is 0.704. The van der Waals surface area contributed by atoms with Crippen LogP contribution in [-0.2, 0) is 4.74 Å². The number of benzene rings is 1. The number of hydrogen-bond donors (Lipinski definition) is 1. The van der Waals surface area contributed by atoms with Gasteiger partial charge in [0.05, 0.1) is 24.1 Å². The van der Waals surface area contributed by atoms with E-state index in [0.29, 0.717) is 42.0 Å². The van der Waals surface area contributed by atoms with Crippen molar-refractivity contribution in [2.45, 2.75) is 13.0 Å². The summed E-state index contributed by atoms with van der Waals surface area (Å²) in [5.41, 5.74) is 0.208. The Kier molecular flexibility index (Phi) is 4.33. The first-order valence-corrected chi connectivity index (χ1v) is 8.78. The molecule has 1 fully saturated rings. The number of rotatable bonds is 3. The Morgan fingerprint density at radius 2 is 1.85 bits per heavy atom. The first kappa shape index (κ1) is 17.3. The van der Waals surface area contributed by atoms with E-state index in [4.69, 9.17) is 4.74 Å². The lowest BCUT2D eigenvalue weighted by Crippen LogP contribution is -2.39. The molecule has 1 saturated heterocycles. The molecular weight excluding hydrogens is 369 g/mol. The third kappa shape index (κ3) is 2.83. The minimum absolute atomic E-state index is 0.146. The Balaban J connectivity index is 1.87. The van der Waals surface area contributed by atoms with E-state index < -0.39 is 23.5 Å². The molecule has 1 N–H and O–H groups in total. The first-order valence-electron chi connectivity index (χ1n) is 7.97. The fourth-order valence-electron chi connectivity index (χ4n) is 3.12. The molecule has 3 aromatic rings. The zero-order valence-corrected chi connectivity index (χ0v) is 14.6. The van der Waals surface area contributed by atoms with Crippen molar-refractivity contribution in [3.63, 3.8) is 0 Å². The Bertz CT molecular complexity index is 945. The largest absolute Gasteiger partial charge is 0.492 e. The number of thiazole rings is 1. The molecule has 1 aliphatic heterocycles. The molecule has 0 aliphatic carbocycles. The van der Waals surface area contributed by atoms with Crippen molar-refractivity contribution in [1.82, 2.24) is 19.5 Å². The molecule has 0 saturated carbocycles. The van der Waals surface area contributed by atoms with E-state index >= 15 is 0 Å². The van der Waals surface area contributed by atoms with Crippen LogP contribution >= 0.6 is 11.3 Å². The maximum Gasteiger partial charge on any atom is 0.230 e. The summed E-state index contributed by atoms with van der Waals surface area (Å²) in [7, 11) is 0. The second kappa shape index (κ2) is 6.53. The van der Waals surface area contributed by atoms with Gasteiger partial charge in [-0.1, -0.05) is 11.3 Å². The molecule has 1 aromatic carbocycles. The van der Waals surface area contributed by atoms with Gasteiger partial charge in [0.25, 0.3) is 0 Å². The van der Waals surface area contributed by atoms with Gasteiger partial charge in [0.15, 0.2) is 17.5 Å². The molecule has 6 nitrogen and oxygen atoms in total. The van der Waals surface area contributed by atoms with Gasteiger partial charge in [-0.2, -0.15) is 4.52 Å². The molecule has 0 bridgehead atoms. The number of aromatic nitrogens is 3. The van der Waals surface area contributed by atoms with Crippen LogP contribution in [0.3, 0.4) is 0 Å². The fourth-order valence-corrected chi connectivity index (χ4v) is 4.29. The summed E-state index contributed by atoms with van der Waals surface area (Å²) in [6.45, 7) is 3.59. The zero-order valence-electron chi connectivity index (χ0n) is 13.7. The highest BCUT2D eigenvalue weighted by molar-refractivity contribution is 7.17. The van der Waals surface area contributed by atoms with Gasteiger partial charge in [0, 0.05) is 13.1 Å². The minimum atomic E-state index is -1.52. The summed E-state index contributed by atoms with van der Waals surface area (Å²) in [4.78, 5) is 7.05. The molecule has 0 amide bonds. The maximum absolute atomic E-state index is 13.8. The lowest BCUT2D eigenvalue weighted by Gasteiger charge is -2.34. The normalized spacial score (nSPS) is 17.1. The van der Waals surface area contributed by atoms with Gasteiger partial charge in [-0.25, -0.2) is 18.2 Å². The van der Waals surface area contributed by atoms with Gasteiger partial charge >= 0.3 is 0 Å². The lowest BCUT2D eigenvalue weighted by molar-refractivity contribution is 0.0240. The number of morpholine rings is 1. The van der Waals surface area contributed by atoms with E-state index in [0.717, 1.165) is 12.1 Å². The fraction of sp³-hybridized carbons (Fsp3) is 0.375. The molecular formula is C16H15F3N4O2S. The summed E-state index contributed by atoms with van der Waals surface area (Å²) in [6, 6.07) is 1.25. The summed E-state index contributed by atoms with van der Waals surface area (Å²) in [6.07, 6.45) is 0. The highest BCUT2D eigenvalue weighted by Gasteiger charge is 2.31. The highest BCUT2D eigenvalue weighted by atomic mass is 32.1. The van der Waals surface area contributed by atoms with Crippen LogP contribution in [0.5, 0.6) is 5.88 Å². The topological polar surface area (TPSA) is 62.9 Å². The molecule has 2 aromatic heterocycles. The summed E-state index contributed by atoms with van der Waals surface area (Å²) >= 11 is 1.18. The zero-order chi connectivity index (χ0) is 18.4. The average Bonchev–Trinajstić information content (AvgIpc) is 3.12. The van der Waals surface area contributed by atoms with Crippen molar-refractivity contribution < 1.29 is 23.0 Å². The van der Waals surface area contributed by atoms with E-state index in [1.54, 1.807) is 6.92 Å². The number of halogens is 3. The molecule has 0 spiro atoms. The molecule has 10 heteroatoms. The Morgan fingerprint density at radius 3 is 2.46 bits per heavy atom. The van der Waals surface area contributed by atoms with E-state index in [-0.39, 0.29) is 11.4 Å². The van der Waals surface area contributed by atoms with Gasteiger partial charge in [0.1, 0.15) is 5.82 Å². The number of aromatic hydroxyl groups is 1. The van der Waals surface area contributed by atoms with Crippen LogP contribution in [-0.4, -0.2) is 50.9 Å². The SMILES string of the molecule is Cc1nc2sc([C@H](c3cc(F)c(F)c(F)c3)N3CCOCC3)c(O)n2n1. The number of hydrogen-bond acceptors (Lipinski definition) is 6. The van der Waals surface area contributed by atoms with Crippen LogP contribution in [0.25, 0.3) is 4.96 Å². The van der Waals surface area contributed by atoms with Crippen molar-refractivity contribution in [2.75, 3.05) is 26.3 Å². The first-order chi connectivity index (χ1) is 12.5. The standard InChI is InChI=1S/C16H15F3N4O2S/c1-8-20-16-23(21-8)15(24)14(26-16)13(22-2-4-25-5-3-22)9-6-10(17)12(19)11(18)7-9/h6-7,13,24H,2-5H2,1H3/t13-/m0/s1. The van der Waals surface area contributed by atoms with Crippen molar-refractivity contribution in [3.8, 4) is 5.88 Å². The molecule has 138 valence electrons. The molecule has 0 unspecified atom stereocenters. The summed E-state index contributed by atoms with van der Waals surface area (Å²) in [5, 5.41) is 14.7. The third-order valence-electron chi connectivity index (χ3n) is 4.29. The number of fused-ring (bicyclic) bond motifs is 1. The van der Waals surface area contributed by atoms with E-state index in [9.17, 15) is 18.3 Å². The van der Waals surface area contributed by atoms with Crippen molar-refractivity contribution in [1.29, 1.82) is 0 Å². The second-order valence-electron chi connectivity index (χ2n) is 5.99. The van der Waals surface area contributed by atoms with Crippen LogP contribution in [0.2, 0.25) is 0 Å². The molecule has 26 heavy (non-hydrogen) atoms. The van der Waals surface area contributed by atoms with E-state index in [1.165, 1.54) is 15.9 Å². The predicted molar refractivity (Wildman–Crippen MR) is 87.8 cm³/mol. The summed E-state index contributed by atoms with van der Waals surface area (Å²) in [5.74, 6) is -3.70. The van der Waals surface area contributed by atoms with Gasteiger partial charge in [-0.15, -0.1) is 5.10 Å². The number of ether oxygens (including phenoxy) is 1. The average molecular weight is 384 g/mol. The van der Waals surface area contributed by atoms with Gasteiger partial charge in [-0.3, -0.25) is 4.90 Å². The van der Waals surface area contributed by atoms with Crippen LogP contribution in [0, 0.1) is 24.4 Å². The third-order valence-corrected chi connectivity index (χ3v) is 5.36. The predicted octanol–water partition coefficient (Wildman–Crippen LogP) is 2.64. The summed E-state index contributed by atoms with van der Waals surface area (Å²) < 4.78 is 47.7. The molecule has 4 rings (SSSR count). The van der Waals surface area contributed by atoms with Crippen molar-refractivity contribution >= 4 is 16.3 Å². The smallest absolute Gasteiger partial charge is 0.230 e. The molecule has 0 radical (unpaired) electrons. The van der Waals surface area contributed by atoms with Gasteiger partial charge in [-0.05, 0) is 24.6 Å². The Hall–Kier alpha value is -2.17. The van der Waals surface area contributed by atoms with E-state index in [2.05, 4.69) is 10.1 Å². The second-order valence-corrected chi connectivity index (χ2v) is 7.00. The highest BCUT2D eigenvalue weighted by Crippen LogP contribution is 2.40. The monoisotopic (exact) mass is 384 g/mol. The molecule has 3 heterocycles. The van der Waals surface area contributed by atoms with Crippen LogP contribution in [0.4, 0.5) is 13.2 Å². The van der Waals surface area contributed by atoms with Gasteiger partial charge in [0.2, 0.25) is 10.8 Å². The molecule has 1 atom stereocenters. The minimum Gasteiger partial charge on any atom is -0.492 e. The Morgan fingerprint density at radius 1 is 1.19 bits per heavy atom. The number of nitrogens with zero attached hydrogens (tertiary/aromatic N) is 4. The lowest BCUT2D eigenvalue weighted by atomic mass is 10.0. The van der Waals surface area contributed by atoms with Crippen molar-refractivity contribution in [3.05, 3.63) is 45.8 Å². The molecule has 1 aliphatic rings. The van der Waals surface area contributed by atoms with Crippen LogP contribution < -0.4 is 0 Å². The maximum atomic E-state index is 13.8. The Labute approximate surface area is 150 Å². The van der Waals surface area contributed by atoms with Crippen LogP contribution in [0.15, 0.2) is 12.1 Å². The van der Waals surface area contributed by atoms with Crippen LogP contribution in [0.1, 0.15) is 22.3 Å². The van der Waals surface area contributed by atoms with Crippen molar-refractivity contribution in [2.24, 2.45) is 0 Å².